The fourth-order valence-electron chi connectivity index (χ4n) is 4.70. The fraction of sp³-hybridized carbons (Fsp3) is 0.0345. The van der Waals surface area contributed by atoms with Gasteiger partial charge in [-0.3, -0.25) is 0 Å². The molecule has 0 unspecified atom stereocenters. The number of hydrogen-bond acceptors (Lipinski definition) is 0. The highest BCUT2D eigenvalue weighted by molar-refractivity contribution is 6.21. The van der Waals surface area contributed by atoms with Crippen LogP contribution in [-0.4, -0.2) is 4.57 Å². The highest BCUT2D eigenvalue weighted by atomic mass is 15.0. The van der Waals surface area contributed by atoms with E-state index in [0.29, 0.717) is 0 Å². The molecule has 0 spiro atoms. The number of benzene rings is 5. The van der Waals surface area contributed by atoms with Crippen molar-refractivity contribution in [2.45, 2.75) is 6.92 Å². The van der Waals surface area contributed by atoms with E-state index in [0.717, 1.165) is 0 Å². The molecule has 0 saturated carbocycles. The van der Waals surface area contributed by atoms with Crippen molar-refractivity contribution >= 4 is 32.6 Å². The Bertz CT molecular complexity index is 1530. The molecule has 1 heteroatoms. The summed E-state index contributed by atoms with van der Waals surface area (Å²) in [5.41, 5.74) is 7.52. The summed E-state index contributed by atoms with van der Waals surface area (Å²) < 4.78 is 2.39. The highest BCUT2D eigenvalue weighted by Crippen LogP contribution is 2.37. The molecule has 1 heterocycles. The van der Waals surface area contributed by atoms with Crippen LogP contribution in [0.3, 0.4) is 0 Å². The van der Waals surface area contributed by atoms with Crippen LogP contribution in [0.2, 0.25) is 0 Å². The molecule has 1 aromatic heterocycles. The topological polar surface area (TPSA) is 4.93 Å². The normalized spacial score (nSPS) is 11.5. The average molecular weight is 383 g/mol. The van der Waals surface area contributed by atoms with Crippen molar-refractivity contribution in [3.05, 3.63) is 115 Å². The molecule has 0 fully saturated rings. The third-order valence-electron chi connectivity index (χ3n) is 6.14. The Morgan fingerprint density at radius 3 is 2.07 bits per heavy atom. The van der Waals surface area contributed by atoms with Gasteiger partial charge in [0, 0.05) is 16.5 Å². The van der Waals surface area contributed by atoms with Gasteiger partial charge >= 0.3 is 0 Å². The summed E-state index contributed by atoms with van der Waals surface area (Å²) in [6.45, 7) is 2.17. The lowest BCUT2D eigenvalue weighted by atomic mass is 10.0. The Balaban J connectivity index is 1.63. The average Bonchev–Trinajstić information content (AvgIpc) is 3.14. The van der Waals surface area contributed by atoms with E-state index in [1.54, 1.807) is 0 Å². The number of aromatic nitrogens is 1. The predicted octanol–water partition coefficient (Wildman–Crippen LogP) is 7.91. The van der Waals surface area contributed by atoms with E-state index in [9.17, 15) is 0 Å². The van der Waals surface area contributed by atoms with E-state index in [1.807, 2.05) is 0 Å². The number of hydrogen-bond donors (Lipinski definition) is 0. The number of para-hydroxylation sites is 1. The van der Waals surface area contributed by atoms with Crippen LogP contribution in [0.25, 0.3) is 49.4 Å². The van der Waals surface area contributed by atoms with Crippen molar-refractivity contribution in [1.82, 2.24) is 4.57 Å². The molecule has 0 amide bonds. The molecular formula is C29H21N. The van der Waals surface area contributed by atoms with Crippen LogP contribution >= 0.6 is 0 Å². The van der Waals surface area contributed by atoms with E-state index < -0.39 is 0 Å². The molecule has 0 aliphatic heterocycles. The summed E-state index contributed by atoms with van der Waals surface area (Å²) in [6.07, 6.45) is 0. The van der Waals surface area contributed by atoms with Gasteiger partial charge in [-0.05, 0) is 58.7 Å². The van der Waals surface area contributed by atoms with Gasteiger partial charge in [-0.2, -0.15) is 0 Å². The van der Waals surface area contributed by atoms with Gasteiger partial charge in [-0.25, -0.2) is 0 Å². The van der Waals surface area contributed by atoms with E-state index >= 15 is 0 Å². The first-order valence-corrected chi connectivity index (χ1v) is 10.4. The molecule has 0 aliphatic rings. The molecule has 30 heavy (non-hydrogen) atoms. The van der Waals surface area contributed by atoms with E-state index in [4.69, 9.17) is 0 Å². The standard InChI is InChI=1S/C29H21N/c1-20-8-2-4-10-24(20)22-14-17-23(18-15-22)30-27-13-7-6-12-26(27)29-25-11-5-3-9-21(25)16-19-28(29)30/h2-19H,1H3. The van der Waals surface area contributed by atoms with E-state index in [-0.39, 0.29) is 0 Å². The van der Waals surface area contributed by atoms with Gasteiger partial charge in [0.05, 0.1) is 11.0 Å². The Labute approximate surface area is 175 Å². The van der Waals surface area contributed by atoms with Crippen molar-refractivity contribution < 1.29 is 0 Å². The van der Waals surface area contributed by atoms with E-state index in [2.05, 4.69) is 121 Å². The molecule has 0 aliphatic carbocycles. The second kappa shape index (κ2) is 6.60. The van der Waals surface area contributed by atoms with Gasteiger partial charge in [0.1, 0.15) is 0 Å². The molecule has 0 saturated heterocycles. The zero-order valence-corrected chi connectivity index (χ0v) is 16.8. The summed E-state index contributed by atoms with van der Waals surface area (Å²) in [7, 11) is 0. The smallest absolute Gasteiger partial charge is 0.0547 e. The van der Waals surface area contributed by atoms with Crippen LogP contribution in [0.1, 0.15) is 5.56 Å². The van der Waals surface area contributed by atoms with Gasteiger partial charge in [0.2, 0.25) is 0 Å². The van der Waals surface area contributed by atoms with Crippen molar-refractivity contribution in [3.63, 3.8) is 0 Å². The monoisotopic (exact) mass is 383 g/mol. The van der Waals surface area contributed by atoms with Gasteiger partial charge in [0.25, 0.3) is 0 Å². The lowest BCUT2D eigenvalue weighted by Gasteiger charge is -2.11. The zero-order valence-electron chi connectivity index (χ0n) is 16.8. The Morgan fingerprint density at radius 2 is 1.23 bits per heavy atom. The largest absolute Gasteiger partial charge is 0.309 e. The minimum Gasteiger partial charge on any atom is -0.309 e. The van der Waals surface area contributed by atoms with Crippen LogP contribution in [0.15, 0.2) is 109 Å². The first-order chi connectivity index (χ1) is 14.8. The molecule has 0 radical (unpaired) electrons. The van der Waals surface area contributed by atoms with Crippen molar-refractivity contribution in [1.29, 1.82) is 0 Å². The zero-order chi connectivity index (χ0) is 20.1. The highest BCUT2D eigenvalue weighted by Gasteiger charge is 2.14. The maximum Gasteiger partial charge on any atom is 0.0547 e. The number of fused-ring (bicyclic) bond motifs is 5. The Kier molecular flexibility index (Phi) is 3.75. The molecular weight excluding hydrogens is 362 g/mol. The Morgan fingerprint density at radius 1 is 0.533 bits per heavy atom. The van der Waals surface area contributed by atoms with Crippen molar-refractivity contribution in [2.24, 2.45) is 0 Å². The molecule has 142 valence electrons. The quantitative estimate of drug-likeness (QED) is 0.286. The molecule has 5 aromatic carbocycles. The molecule has 0 N–H and O–H groups in total. The second-order valence-electron chi connectivity index (χ2n) is 7.90. The first kappa shape index (κ1) is 17.1. The van der Waals surface area contributed by atoms with Gasteiger partial charge in [-0.1, -0.05) is 84.9 Å². The molecule has 0 bridgehead atoms. The van der Waals surface area contributed by atoms with Crippen LogP contribution in [0.5, 0.6) is 0 Å². The summed E-state index contributed by atoms with van der Waals surface area (Å²) in [4.78, 5) is 0. The van der Waals surface area contributed by atoms with Crippen LogP contribution < -0.4 is 0 Å². The summed E-state index contributed by atoms with van der Waals surface area (Å²) in [5, 5.41) is 5.21. The summed E-state index contributed by atoms with van der Waals surface area (Å²) >= 11 is 0. The van der Waals surface area contributed by atoms with Crippen LogP contribution in [0.4, 0.5) is 0 Å². The minimum atomic E-state index is 1.19. The van der Waals surface area contributed by atoms with Crippen LogP contribution in [0, 0.1) is 6.92 Å². The van der Waals surface area contributed by atoms with Gasteiger partial charge < -0.3 is 4.57 Å². The van der Waals surface area contributed by atoms with Gasteiger partial charge in [0.15, 0.2) is 0 Å². The minimum absolute atomic E-state index is 1.19. The molecule has 0 atom stereocenters. The molecule has 6 aromatic rings. The third kappa shape index (κ3) is 2.49. The summed E-state index contributed by atoms with van der Waals surface area (Å²) in [5.74, 6) is 0. The van der Waals surface area contributed by atoms with Crippen molar-refractivity contribution in [3.8, 4) is 16.8 Å². The lowest BCUT2D eigenvalue weighted by molar-refractivity contribution is 1.18. The molecule has 6 rings (SSSR count). The maximum atomic E-state index is 2.39. The number of aryl methyl sites for hydroxylation is 1. The number of rotatable bonds is 2. The molecule has 1 nitrogen and oxygen atoms in total. The lowest BCUT2D eigenvalue weighted by Crippen LogP contribution is -1.94. The number of nitrogens with zero attached hydrogens (tertiary/aromatic N) is 1. The fourth-order valence-corrected chi connectivity index (χ4v) is 4.70. The third-order valence-corrected chi connectivity index (χ3v) is 6.14. The second-order valence-corrected chi connectivity index (χ2v) is 7.90. The maximum absolute atomic E-state index is 2.39. The van der Waals surface area contributed by atoms with Gasteiger partial charge in [-0.15, -0.1) is 0 Å². The Hall–Kier alpha value is -3.84. The SMILES string of the molecule is Cc1ccccc1-c1ccc(-n2c3ccccc3c3c4ccccc4ccc32)cc1. The first-order valence-electron chi connectivity index (χ1n) is 10.4. The van der Waals surface area contributed by atoms with Crippen LogP contribution in [-0.2, 0) is 0 Å². The summed E-state index contributed by atoms with van der Waals surface area (Å²) in [6, 6.07) is 39.4. The van der Waals surface area contributed by atoms with E-state index in [1.165, 1.54) is 55.0 Å². The predicted molar refractivity (Wildman–Crippen MR) is 128 cm³/mol. The van der Waals surface area contributed by atoms with Crippen molar-refractivity contribution in [2.75, 3.05) is 0 Å².